The molecule has 0 bridgehead atoms. The van der Waals surface area contributed by atoms with Crippen molar-refractivity contribution in [3.8, 4) is 0 Å². The molecular formula is C25H34N3O4P. The van der Waals surface area contributed by atoms with E-state index < -0.39 is 19.7 Å². The number of fused-ring (bicyclic) bond motifs is 1. The highest BCUT2D eigenvalue weighted by molar-refractivity contribution is 7.55. The summed E-state index contributed by atoms with van der Waals surface area (Å²) >= 11 is 0. The fourth-order valence-corrected chi connectivity index (χ4v) is 5.81. The summed E-state index contributed by atoms with van der Waals surface area (Å²) in [4.78, 5) is 14.9. The average Bonchev–Trinajstić information content (AvgIpc) is 3.18. The van der Waals surface area contributed by atoms with Crippen LogP contribution in [0.1, 0.15) is 25.0 Å². The van der Waals surface area contributed by atoms with Crippen LogP contribution in [0.25, 0.3) is 10.9 Å². The van der Waals surface area contributed by atoms with E-state index in [2.05, 4.69) is 9.99 Å². The lowest BCUT2D eigenvalue weighted by atomic mass is 10.1. The molecule has 3 aromatic rings. The number of likely N-dealkylation sites (N-methyl/N-ethyl adjacent to an activating group) is 1. The number of ether oxygens (including phenoxy) is 1. The van der Waals surface area contributed by atoms with E-state index in [1.54, 1.807) is 18.2 Å². The Morgan fingerprint density at radius 3 is 2.42 bits per heavy atom. The van der Waals surface area contributed by atoms with E-state index in [4.69, 9.17) is 9.26 Å². The van der Waals surface area contributed by atoms with Gasteiger partial charge in [0.15, 0.2) is 0 Å². The van der Waals surface area contributed by atoms with Crippen molar-refractivity contribution < 1.29 is 18.6 Å². The van der Waals surface area contributed by atoms with Gasteiger partial charge in [0.05, 0.1) is 18.7 Å². The van der Waals surface area contributed by atoms with Gasteiger partial charge in [0.1, 0.15) is 6.04 Å². The number of benzene rings is 2. The SMILES string of the molecule is CCOC(=O)C(Cc1ccccc1)NP(=O)(OCC)n1cc(CCN(C)C)c2ccccc21. The van der Waals surface area contributed by atoms with E-state index >= 15 is 0 Å². The third kappa shape index (κ3) is 6.33. The molecular weight excluding hydrogens is 437 g/mol. The first-order valence-corrected chi connectivity index (χ1v) is 12.9. The molecule has 8 heteroatoms. The number of nitrogens with zero attached hydrogens (tertiary/aromatic N) is 2. The van der Waals surface area contributed by atoms with E-state index in [-0.39, 0.29) is 13.2 Å². The summed E-state index contributed by atoms with van der Waals surface area (Å²) < 4.78 is 27.1. The molecule has 0 aliphatic carbocycles. The quantitative estimate of drug-likeness (QED) is 0.310. The summed E-state index contributed by atoms with van der Waals surface area (Å²) in [6.45, 7) is 4.88. The predicted molar refractivity (Wildman–Crippen MR) is 133 cm³/mol. The van der Waals surface area contributed by atoms with Crippen LogP contribution in [-0.4, -0.2) is 55.1 Å². The van der Waals surface area contributed by atoms with Crippen LogP contribution in [0, 0.1) is 0 Å². The molecule has 33 heavy (non-hydrogen) atoms. The maximum atomic E-state index is 14.3. The van der Waals surface area contributed by atoms with Crippen molar-refractivity contribution in [2.45, 2.75) is 32.7 Å². The number of carbonyl (C=O) groups excluding carboxylic acids is 1. The van der Waals surface area contributed by atoms with Gasteiger partial charge in [-0.05, 0) is 58.0 Å². The van der Waals surface area contributed by atoms with E-state index in [1.165, 1.54) is 0 Å². The van der Waals surface area contributed by atoms with Crippen LogP contribution in [0.3, 0.4) is 0 Å². The number of para-hydroxylation sites is 1. The second-order valence-corrected chi connectivity index (χ2v) is 10.1. The Morgan fingerprint density at radius 1 is 1.06 bits per heavy atom. The Balaban J connectivity index is 2.02. The van der Waals surface area contributed by atoms with Gasteiger partial charge in [-0.25, -0.2) is 9.65 Å². The fourth-order valence-electron chi connectivity index (χ4n) is 3.80. The van der Waals surface area contributed by atoms with Crippen LogP contribution in [-0.2, 0) is 31.5 Å². The Hall–Kier alpha value is -2.44. The fraction of sp³-hybridized carbons (Fsp3) is 0.400. The first-order chi connectivity index (χ1) is 15.9. The molecule has 2 unspecified atom stereocenters. The Labute approximate surface area is 196 Å². The lowest BCUT2D eigenvalue weighted by Crippen LogP contribution is -2.39. The van der Waals surface area contributed by atoms with Gasteiger partial charge in [0, 0.05) is 18.1 Å². The van der Waals surface area contributed by atoms with Gasteiger partial charge in [-0.15, -0.1) is 0 Å². The van der Waals surface area contributed by atoms with Crippen molar-refractivity contribution >= 4 is 24.5 Å². The molecule has 0 spiro atoms. The molecule has 0 aliphatic rings. The number of nitrogens with one attached hydrogen (secondary N) is 1. The highest BCUT2D eigenvalue weighted by atomic mass is 31.2. The molecule has 2 aromatic carbocycles. The average molecular weight is 472 g/mol. The molecule has 2 atom stereocenters. The number of esters is 1. The zero-order valence-electron chi connectivity index (χ0n) is 19.9. The normalized spacial score (nSPS) is 14.3. The number of rotatable bonds is 12. The Bertz CT molecular complexity index is 1100. The monoisotopic (exact) mass is 471 g/mol. The minimum absolute atomic E-state index is 0.227. The van der Waals surface area contributed by atoms with Gasteiger partial charge >= 0.3 is 13.6 Å². The summed E-state index contributed by atoms with van der Waals surface area (Å²) in [6, 6.07) is 16.6. The van der Waals surface area contributed by atoms with Crippen molar-refractivity contribution in [2.24, 2.45) is 0 Å². The molecule has 0 saturated heterocycles. The van der Waals surface area contributed by atoms with Gasteiger partial charge in [0.2, 0.25) is 0 Å². The zero-order chi connectivity index (χ0) is 23.8. The number of hydrogen-bond donors (Lipinski definition) is 1. The summed E-state index contributed by atoms with van der Waals surface area (Å²) in [7, 11) is 0.392. The molecule has 0 saturated carbocycles. The van der Waals surface area contributed by atoms with E-state index in [1.807, 2.05) is 74.9 Å². The number of carbonyl (C=O) groups is 1. The minimum Gasteiger partial charge on any atom is -0.465 e. The lowest BCUT2D eigenvalue weighted by Gasteiger charge is -2.26. The molecule has 0 radical (unpaired) electrons. The first kappa shape index (κ1) is 25.2. The molecule has 0 aliphatic heterocycles. The summed E-state index contributed by atoms with van der Waals surface area (Å²) in [5.74, 6) is -0.453. The Kier molecular flexibility index (Phi) is 8.87. The van der Waals surface area contributed by atoms with Gasteiger partial charge < -0.3 is 14.2 Å². The highest BCUT2D eigenvalue weighted by Gasteiger charge is 2.34. The molecule has 1 N–H and O–H groups in total. The molecule has 1 heterocycles. The second-order valence-electron chi connectivity index (χ2n) is 8.13. The molecule has 1 aromatic heterocycles. The van der Waals surface area contributed by atoms with Crippen LogP contribution in [0.4, 0.5) is 0 Å². The van der Waals surface area contributed by atoms with Gasteiger partial charge in [-0.1, -0.05) is 48.5 Å². The van der Waals surface area contributed by atoms with Crippen molar-refractivity contribution in [3.05, 3.63) is 71.9 Å². The standard InChI is InChI=1S/C25H34N3O4P/c1-5-31-25(29)23(18-20-12-8-7-9-13-20)26-33(30,32-6-2)28-19-21(16-17-27(3)4)22-14-10-11-15-24(22)28/h7-15,19,23H,5-6,16-18H2,1-4H3,(H,26,30). The smallest absolute Gasteiger partial charge is 0.373 e. The largest absolute Gasteiger partial charge is 0.465 e. The van der Waals surface area contributed by atoms with Crippen LogP contribution in [0.5, 0.6) is 0 Å². The van der Waals surface area contributed by atoms with Crippen molar-refractivity contribution in [3.63, 3.8) is 0 Å². The molecule has 3 rings (SSSR count). The van der Waals surface area contributed by atoms with Crippen molar-refractivity contribution in [2.75, 3.05) is 33.9 Å². The zero-order valence-corrected chi connectivity index (χ0v) is 20.8. The Morgan fingerprint density at radius 2 is 1.76 bits per heavy atom. The van der Waals surface area contributed by atoms with Crippen molar-refractivity contribution in [1.29, 1.82) is 0 Å². The minimum atomic E-state index is -3.66. The van der Waals surface area contributed by atoms with Crippen LogP contribution >= 0.6 is 7.67 Å². The first-order valence-electron chi connectivity index (χ1n) is 11.4. The maximum Gasteiger partial charge on any atom is 0.373 e. The summed E-state index contributed by atoms with van der Waals surface area (Å²) in [5.41, 5.74) is 2.82. The van der Waals surface area contributed by atoms with Crippen molar-refractivity contribution in [1.82, 2.24) is 14.3 Å². The van der Waals surface area contributed by atoms with Gasteiger partial charge in [-0.3, -0.25) is 9.13 Å². The summed E-state index contributed by atoms with van der Waals surface area (Å²) in [5, 5.41) is 4.09. The van der Waals surface area contributed by atoms with Crippen LogP contribution in [0.15, 0.2) is 60.8 Å². The van der Waals surface area contributed by atoms with Gasteiger partial charge in [0.25, 0.3) is 0 Å². The van der Waals surface area contributed by atoms with E-state index in [0.29, 0.717) is 6.42 Å². The number of aromatic nitrogens is 1. The highest BCUT2D eigenvalue weighted by Crippen LogP contribution is 2.48. The second kappa shape index (κ2) is 11.6. The third-order valence-corrected chi connectivity index (χ3v) is 7.51. The third-order valence-electron chi connectivity index (χ3n) is 5.36. The summed E-state index contributed by atoms with van der Waals surface area (Å²) in [6.07, 6.45) is 3.03. The lowest BCUT2D eigenvalue weighted by molar-refractivity contribution is -0.145. The molecule has 7 nitrogen and oxygen atoms in total. The van der Waals surface area contributed by atoms with Gasteiger partial charge in [-0.2, -0.15) is 0 Å². The predicted octanol–water partition coefficient (Wildman–Crippen LogP) is 4.50. The maximum absolute atomic E-state index is 14.3. The molecule has 0 amide bonds. The van der Waals surface area contributed by atoms with E-state index in [0.717, 1.165) is 35.0 Å². The van der Waals surface area contributed by atoms with Crippen LogP contribution < -0.4 is 5.09 Å². The molecule has 178 valence electrons. The van der Waals surface area contributed by atoms with E-state index in [9.17, 15) is 9.36 Å². The topological polar surface area (TPSA) is 72.8 Å². The number of hydrogen-bond acceptors (Lipinski definition) is 5. The van der Waals surface area contributed by atoms with Crippen LogP contribution in [0.2, 0.25) is 0 Å². The molecule has 0 fully saturated rings.